The summed E-state index contributed by atoms with van der Waals surface area (Å²) >= 11 is 0. The monoisotopic (exact) mass is 197 g/mol. The highest BCUT2D eigenvalue weighted by Gasteiger charge is 2.19. The molecule has 0 bridgehead atoms. The average molecular weight is 197 g/mol. The summed E-state index contributed by atoms with van der Waals surface area (Å²) in [6, 6.07) is 0. The summed E-state index contributed by atoms with van der Waals surface area (Å²) in [4.78, 5) is 23.9. The second-order valence-electron chi connectivity index (χ2n) is 4.30. The topological polar surface area (TPSA) is 37.4 Å². The van der Waals surface area contributed by atoms with E-state index in [1.54, 1.807) is 11.9 Å². The Morgan fingerprint density at radius 3 is 2.36 bits per heavy atom. The van der Waals surface area contributed by atoms with Crippen LogP contribution in [0.15, 0.2) is 0 Å². The second-order valence-corrected chi connectivity index (χ2v) is 4.30. The number of carbonyl (C=O) groups is 2. The quantitative estimate of drug-likeness (QED) is 0.642. The maximum atomic E-state index is 11.4. The Balaban J connectivity index is 2.29. The first-order valence-electron chi connectivity index (χ1n) is 5.33. The maximum Gasteiger partial charge on any atom is 0.229 e. The van der Waals surface area contributed by atoms with Crippen molar-refractivity contribution >= 4 is 11.7 Å². The van der Waals surface area contributed by atoms with E-state index < -0.39 is 0 Å². The number of Topliss-reactive ketones (excluding diaryl/α,β-unsaturated/α-hetero) is 1. The highest BCUT2D eigenvalue weighted by molar-refractivity contribution is 5.96. The molecular formula is C11H19NO2. The smallest absolute Gasteiger partial charge is 0.229 e. The molecule has 0 spiro atoms. The second kappa shape index (κ2) is 5.13. The van der Waals surface area contributed by atoms with Crippen molar-refractivity contribution in [3.05, 3.63) is 0 Å². The summed E-state index contributed by atoms with van der Waals surface area (Å²) < 4.78 is 0. The van der Waals surface area contributed by atoms with Crippen molar-refractivity contribution in [3.63, 3.8) is 0 Å². The number of ketones is 1. The van der Waals surface area contributed by atoms with Crippen LogP contribution in [0.4, 0.5) is 0 Å². The number of nitrogens with zero attached hydrogens (tertiary/aromatic N) is 1. The van der Waals surface area contributed by atoms with Gasteiger partial charge in [0.2, 0.25) is 5.91 Å². The van der Waals surface area contributed by atoms with Crippen LogP contribution in [-0.4, -0.2) is 30.2 Å². The van der Waals surface area contributed by atoms with E-state index in [1.165, 1.54) is 32.6 Å². The van der Waals surface area contributed by atoms with Crippen molar-refractivity contribution < 1.29 is 9.59 Å². The maximum absolute atomic E-state index is 11.4. The van der Waals surface area contributed by atoms with Gasteiger partial charge in [-0.1, -0.05) is 12.8 Å². The predicted octanol–water partition coefficient (Wildman–Crippen LogP) is 1.61. The Morgan fingerprint density at radius 1 is 1.29 bits per heavy atom. The van der Waals surface area contributed by atoms with Gasteiger partial charge in [-0.25, -0.2) is 0 Å². The number of rotatable bonds is 4. The molecule has 0 heterocycles. The zero-order valence-electron chi connectivity index (χ0n) is 9.08. The van der Waals surface area contributed by atoms with Crippen molar-refractivity contribution in [2.24, 2.45) is 5.92 Å². The summed E-state index contributed by atoms with van der Waals surface area (Å²) in [5, 5.41) is 0. The third-order valence-electron chi connectivity index (χ3n) is 2.83. The molecule has 0 aromatic heterocycles. The third-order valence-corrected chi connectivity index (χ3v) is 2.83. The molecule has 1 rings (SSSR count). The van der Waals surface area contributed by atoms with Gasteiger partial charge in [-0.15, -0.1) is 0 Å². The summed E-state index contributed by atoms with van der Waals surface area (Å²) in [5.41, 5.74) is 0. The van der Waals surface area contributed by atoms with E-state index in [1.807, 2.05) is 0 Å². The van der Waals surface area contributed by atoms with Crippen LogP contribution in [0.2, 0.25) is 0 Å². The first-order chi connectivity index (χ1) is 6.59. The largest absolute Gasteiger partial charge is 0.345 e. The predicted molar refractivity (Wildman–Crippen MR) is 54.9 cm³/mol. The van der Waals surface area contributed by atoms with Gasteiger partial charge >= 0.3 is 0 Å². The van der Waals surface area contributed by atoms with Crippen molar-refractivity contribution in [1.29, 1.82) is 0 Å². The first-order valence-corrected chi connectivity index (χ1v) is 5.33. The minimum atomic E-state index is -0.0479. The van der Waals surface area contributed by atoms with Gasteiger partial charge < -0.3 is 4.90 Å². The molecule has 0 aromatic rings. The minimum absolute atomic E-state index is 0.0376. The molecule has 1 aliphatic carbocycles. The summed E-state index contributed by atoms with van der Waals surface area (Å²) in [6.07, 6.45) is 5.11. The van der Waals surface area contributed by atoms with E-state index in [9.17, 15) is 9.59 Å². The molecule has 14 heavy (non-hydrogen) atoms. The third kappa shape index (κ3) is 3.48. The van der Waals surface area contributed by atoms with Gasteiger partial charge in [0.15, 0.2) is 0 Å². The highest BCUT2D eigenvalue weighted by Crippen LogP contribution is 2.25. The fraction of sp³-hybridized carbons (Fsp3) is 0.818. The molecular weight excluding hydrogens is 178 g/mol. The zero-order chi connectivity index (χ0) is 10.6. The normalized spacial score (nSPS) is 17.0. The molecule has 0 N–H and O–H groups in total. The Hall–Kier alpha value is -0.860. The molecule has 80 valence electrons. The van der Waals surface area contributed by atoms with Gasteiger partial charge in [0.25, 0.3) is 0 Å². The van der Waals surface area contributed by atoms with E-state index in [4.69, 9.17) is 0 Å². The van der Waals surface area contributed by atoms with Crippen LogP contribution in [0.3, 0.4) is 0 Å². The summed E-state index contributed by atoms with van der Waals surface area (Å²) in [7, 11) is 1.80. The first kappa shape index (κ1) is 11.2. The van der Waals surface area contributed by atoms with Crippen molar-refractivity contribution in [2.45, 2.75) is 39.0 Å². The molecule has 3 nitrogen and oxygen atoms in total. The van der Waals surface area contributed by atoms with Crippen molar-refractivity contribution in [3.8, 4) is 0 Å². The Bertz CT molecular complexity index is 219. The van der Waals surface area contributed by atoms with Crippen LogP contribution in [0.25, 0.3) is 0 Å². The van der Waals surface area contributed by atoms with Gasteiger partial charge in [0.05, 0.1) is 6.42 Å². The van der Waals surface area contributed by atoms with Crippen LogP contribution < -0.4 is 0 Å². The van der Waals surface area contributed by atoms with E-state index in [-0.39, 0.29) is 18.1 Å². The number of hydrogen-bond donors (Lipinski definition) is 0. The lowest BCUT2D eigenvalue weighted by Gasteiger charge is -2.20. The molecule has 3 heteroatoms. The molecule has 0 radical (unpaired) electrons. The van der Waals surface area contributed by atoms with Crippen LogP contribution in [-0.2, 0) is 9.59 Å². The standard InChI is InChI=1S/C11H19NO2/c1-9(13)7-11(14)12(2)8-10-5-3-4-6-10/h10H,3-8H2,1-2H3. The van der Waals surface area contributed by atoms with E-state index >= 15 is 0 Å². The molecule has 0 unspecified atom stereocenters. The van der Waals surface area contributed by atoms with Gasteiger partial charge in [-0.05, 0) is 25.7 Å². The molecule has 0 aromatic carbocycles. The summed E-state index contributed by atoms with van der Waals surface area (Å²) in [5.74, 6) is 0.577. The lowest BCUT2D eigenvalue weighted by Crippen LogP contribution is -2.32. The highest BCUT2D eigenvalue weighted by atomic mass is 16.2. The molecule has 0 saturated heterocycles. The molecule has 0 atom stereocenters. The number of amides is 1. The fourth-order valence-corrected chi connectivity index (χ4v) is 2.03. The van der Waals surface area contributed by atoms with Gasteiger partial charge in [-0.3, -0.25) is 9.59 Å². The van der Waals surface area contributed by atoms with Crippen LogP contribution in [0.1, 0.15) is 39.0 Å². The van der Waals surface area contributed by atoms with Gasteiger partial charge in [-0.2, -0.15) is 0 Å². The Labute approximate surface area is 85.5 Å². The lowest BCUT2D eigenvalue weighted by molar-refractivity contribution is -0.134. The van der Waals surface area contributed by atoms with Crippen molar-refractivity contribution in [2.75, 3.05) is 13.6 Å². The molecule has 0 aliphatic heterocycles. The lowest BCUT2D eigenvalue weighted by atomic mass is 10.1. The fourth-order valence-electron chi connectivity index (χ4n) is 2.03. The Morgan fingerprint density at radius 2 is 1.86 bits per heavy atom. The van der Waals surface area contributed by atoms with Gasteiger partial charge in [0.1, 0.15) is 5.78 Å². The molecule has 1 saturated carbocycles. The molecule has 1 aliphatic rings. The van der Waals surface area contributed by atoms with Crippen LogP contribution >= 0.6 is 0 Å². The number of hydrogen-bond acceptors (Lipinski definition) is 2. The van der Waals surface area contributed by atoms with Crippen molar-refractivity contribution in [1.82, 2.24) is 4.90 Å². The minimum Gasteiger partial charge on any atom is -0.345 e. The van der Waals surface area contributed by atoms with E-state index in [2.05, 4.69) is 0 Å². The zero-order valence-corrected chi connectivity index (χ0v) is 9.08. The van der Waals surface area contributed by atoms with Crippen LogP contribution in [0, 0.1) is 5.92 Å². The average Bonchev–Trinajstić information content (AvgIpc) is 2.55. The van der Waals surface area contributed by atoms with E-state index in [0.29, 0.717) is 5.92 Å². The van der Waals surface area contributed by atoms with Crippen LogP contribution in [0.5, 0.6) is 0 Å². The molecule has 1 amide bonds. The molecule has 1 fully saturated rings. The van der Waals surface area contributed by atoms with Gasteiger partial charge in [0, 0.05) is 13.6 Å². The SMILES string of the molecule is CC(=O)CC(=O)N(C)CC1CCCC1. The summed E-state index contributed by atoms with van der Waals surface area (Å²) in [6.45, 7) is 2.29. The number of carbonyl (C=O) groups excluding carboxylic acids is 2. The Kier molecular flexibility index (Phi) is 4.11. The van der Waals surface area contributed by atoms with E-state index in [0.717, 1.165) is 6.54 Å².